The number of hydrogen-bond donors (Lipinski definition) is 1. The number of halogens is 4. The molecule has 4 unspecified atom stereocenters. The number of fused-ring (bicyclic) bond motifs is 4. The van der Waals surface area contributed by atoms with Crippen molar-refractivity contribution in [2.24, 2.45) is 98.3 Å². The van der Waals surface area contributed by atoms with Crippen molar-refractivity contribution in [3.63, 3.8) is 0 Å². The standard InChI is InChI=1S/C19H31N3O3.C18H28N2O3.C12H19NO4.C10H12F3NO2.C10H15NO3.CH5NO.CH4.ClH/c1-4-16(20-24-3)17-14-10-22(11-15(14)17)13-8-19(9-13)6-7-21(12-19)18(23)25-5-2;1-3-15(21)16-13-9-20(10-14(13)16)12-7-18(8-12)5-6-19(11-18)17(22)23-4-2;1-12(2,3)17-11(15)13-5-7-8(6-13)9(7)10(14)16-4;1-2-7(15)8-5-3-14(4-6(5)8)9(16)10(11,12)13;1-14-6-9(13)11-3-2-10(7-11)4-8(12)5-10;1-3-2;;/h13-15,17H,4-12H2,1-3H3;12-14,16H,3-11H2,1-2H3;7-9H,5-6H2,1-4H3;5-6,8H,2-4H2,1H3;2-7H2,1H3;2H2,1H3;1H4;1H/t13?,14-,15+,17?,19?;12?,13-,14+,16?,18?;7-,8+,9?;5-,6+,8?;;;;. The van der Waals surface area contributed by atoms with E-state index >= 15 is 0 Å². The molecule has 100 heavy (non-hydrogen) atoms. The summed E-state index contributed by atoms with van der Waals surface area (Å²) >= 11 is 0. The predicted molar refractivity (Wildman–Crippen MR) is 365 cm³/mol. The Labute approximate surface area is 595 Å². The molecule has 2 N–H and O–H groups in total. The van der Waals surface area contributed by atoms with E-state index in [1.54, 1.807) is 18.9 Å². The minimum atomic E-state index is -4.79. The highest BCUT2D eigenvalue weighted by atomic mass is 35.5. The maximum absolute atomic E-state index is 12.1. The largest absolute Gasteiger partial charge is 0.471 e. The van der Waals surface area contributed by atoms with Gasteiger partial charge in [-0.25, -0.2) is 20.3 Å². The molecule has 7 saturated carbocycles. The number of nitrogens with zero attached hydrogens (tertiary/aromatic N) is 8. The van der Waals surface area contributed by atoms with Crippen LogP contribution in [0.3, 0.4) is 0 Å². The number of esters is 1. The molecule has 0 aromatic carbocycles. The Bertz CT molecular complexity index is 2890. The summed E-state index contributed by atoms with van der Waals surface area (Å²) < 4.78 is 61.4. The van der Waals surface area contributed by atoms with Gasteiger partial charge in [0.15, 0.2) is 0 Å². The first kappa shape index (κ1) is 81.9. The van der Waals surface area contributed by atoms with Crippen LogP contribution in [0, 0.1) is 87.3 Å². The maximum atomic E-state index is 12.1. The lowest BCUT2D eigenvalue weighted by Gasteiger charge is -2.49. The van der Waals surface area contributed by atoms with Gasteiger partial charge in [-0.3, -0.25) is 38.6 Å². The molecule has 14 fully saturated rings. The third-order valence-electron chi connectivity index (χ3n) is 23.7. The molecule has 0 aromatic rings. The first-order valence-corrected chi connectivity index (χ1v) is 35.8. The van der Waals surface area contributed by atoms with Crippen molar-refractivity contribution in [2.75, 3.05) is 140 Å². The van der Waals surface area contributed by atoms with E-state index in [2.05, 4.69) is 32.6 Å². The molecule has 7 heterocycles. The number of ketones is 3. The van der Waals surface area contributed by atoms with E-state index in [0.29, 0.717) is 104 Å². The second kappa shape index (κ2) is 33.6. The van der Waals surface area contributed by atoms with E-state index in [4.69, 9.17) is 28.5 Å². The Morgan fingerprint density at radius 2 is 0.930 bits per heavy atom. The number of Topliss-reactive ketones (excluding diaryl/α,β-unsaturated/α-hetero) is 3. The zero-order valence-corrected chi connectivity index (χ0v) is 61.1. The van der Waals surface area contributed by atoms with Crippen molar-refractivity contribution in [1.82, 2.24) is 34.3 Å². The Balaban J connectivity index is 0.000000176. The van der Waals surface area contributed by atoms with Crippen molar-refractivity contribution >= 4 is 71.5 Å². The number of carbonyl (C=O) groups excluding carboxylic acids is 9. The van der Waals surface area contributed by atoms with E-state index < -0.39 is 17.7 Å². The molecular formula is C71H115ClF3N9O16. The summed E-state index contributed by atoms with van der Waals surface area (Å²) in [5, 5.41) is 4.24. The van der Waals surface area contributed by atoms with Gasteiger partial charge in [0.05, 0.1) is 39.1 Å². The molecule has 3 spiro atoms. The molecular weight excluding hydrogens is 1330 g/mol. The van der Waals surface area contributed by atoms with Crippen LogP contribution in [0.15, 0.2) is 5.16 Å². The van der Waals surface area contributed by atoms with Crippen molar-refractivity contribution in [3.05, 3.63) is 0 Å². The quantitative estimate of drug-likeness (QED) is 0.0745. The summed E-state index contributed by atoms with van der Waals surface area (Å²) in [7, 11) is 5.98. The number of ether oxygens (including phenoxy) is 5. The number of piperidine rings is 4. The number of hydrogen-bond acceptors (Lipinski definition) is 20. The highest BCUT2D eigenvalue weighted by Gasteiger charge is 2.65. The number of nitrogens with two attached hydrogens (primary N) is 1. The Hall–Kier alpha value is -5.42. The monoisotopic (exact) mass is 1440 g/mol. The molecule has 14 rings (SSSR count). The number of alkyl halides is 3. The van der Waals surface area contributed by atoms with Crippen LogP contribution in [0.25, 0.3) is 0 Å². The van der Waals surface area contributed by atoms with Crippen LogP contribution in [-0.2, 0) is 62.1 Å². The van der Waals surface area contributed by atoms with E-state index in [0.717, 1.165) is 101 Å². The van der Waals surface area contributed by atoms with Gasteiger partial charge >= 0.3 is 36.3 Å². The van der Waals surface area contributed by atoms with Gasteiger partial charge in [0, 0.05) is 160 Å². The fraction of sp³-hybridized carbons (Fsp3) is 0.859. The summed E-state index contributed by atoms with van der Waals surface area (Å²) in [6.07, 6.45) is 6.31. The SMILES string of the molecule is C.CCC(=O)C1[C@H]2CN(C(=O)C(F)(F)F)C[C@@H]12.CCOC(=O)N1CCC2(CC(N3C[C@@H]4C(C(=O)CC)[C@@H]4C3)C2)C1.CCOC(=O)N1CCC2(CC(N3C[C@@H]4C(C(CC)=NOC)[C@@H]4C3)C2)C1.COC(=O)C1[C@H]2CN(C(=O)OC(C)(C)C)C[C@@H]12.COCC(=O)N1CCC2(CC(=O)C2)C1.CON.Cl. The molecule has 568 valence electrons. The molecule has 7 saturated heterocycles. The molecule has 29 heteroatoms. The topological polar surface area (TPSA) is 279 Å². The number of likely N-dealkylation sites (tertiary alicyclic amines) is 7. The lowest BCUT2D eigenvalue weighted by Crippen LogP contribution is -2.52. The molecule has 14 aliphatic rings. The van der Waals surface area contributed by atoms with Crippen molar-refractivity contribution in [2.45, 2.75) is 164 Å². The third kappa shape index (κ3) is 18.6. The normalized spacial score (nSPS) is 33.6. The van der Waals surface area contributed by atoms with Crippen molar-refractivity contribution < 1.29 is 89.7 Å². The fourth-order valence-corrected chi connectivity index (χ4v) is 18.6. The zero-order valence-electron chi connectivity index (χ0n) is 60.3. The maximum Gasteiger partial charge on any atom is 0.471 e. The van der Waals surface area contributed by atoms with Crippen LogP contribution < -0.4 is 5.90 Å². The average molecular weight is 1440 g/mol. The number of carbonyl (C=O) groups is 9. The molecule has 7 aliphatic carbocycles. The molecule has 12 atom stereocenters. The Kier molecular flexibility index (Phi) is 27.5. The summed E-state index contributed by atoms with van der Waals surface area (Å²) in [4.78, 5) is 126. The smallest absolute Gasteiger partial charge is 0.469 e. The van der Waals surface area contributed by atoms with Gasteiger partial charge in [-0.2, -0.15) is 13.2 Å². The van der Waals surface area contributed by atoms with Crippen LogP contribution in [0.4, 0.5) is 27.6 Å². The first-order valence-electron chi connectivity index (χ1n) is 35.8. The van der Waals surface area contributed by atoms with Gasteiger partial charge in [0.2, 0.25) is 5.91 Å². The fourth-order valence-electron chi connectivity index (χ4n) is 18.6. The molecule has 0 bridgehead atoms. The van der Waals surface area contributed by atoms with Crippen LogP contribution in [0.1, 0.15) is 140 Å². The molecule has 5 amide bonds. The van der Waals surface area contributed by atoms with Crippen molar-refractivity contribution in [1.29, 1.82) is 0 Å². The second-order valence-electron chi connectivity index (χ2n) is 31.2. The van der Waals surface area contributed by atoms with E-state index in [1.807, 2.05) is 56.2 Å². The van der Waals surface area contributed by atoms with Gasteiger partial charge < -0.3 is 57.9 Å². The van der Waals surface area contributed by atoms with Crippen LogP contribution >= 0.6 is 12.4 Å². The average Bonchev–Trinajstić information content (AvgIpc) is 1.57. The minimum absolute atomic E-state index is 0. The van der Waals surface area contributed by atoms with Gasteiger partial charge in [-0.15, -0.1) is 12.4 Å². The molecule has 7 aliphatic heterocycles. The summed E-state index contributed by atoms with van der Waals surface area (Å²) in [5.74, 6) is 7.73. The zero-order chi connectivity index (χ0) is 71.6. The van der Waals surface area contributed by atoms with E-state index in [1.165, 1.54) is 65.8 Å². The number of methoxy groups -OCH3 is 2. The van der Waals surface area contributed by atoms with E-state index in [9.17, 15) is 56.3 Å². The molecule has 25 nitrogen and oxygen atoms in total. The number of rotatable bonds is 14. The van der Waals surface area contributed by atoms with Gasteiger partial charge in [-0.05, 0) is 144 Å². The summed E-state index contributed by atoms with van der Waals surface area (Å²) in [5.41, 5.74) is 1.65. The lowest BCUT2D eigenvalue weighted by molar-refractivity contribution is -0.185. The Morgan fingerprint density at radius 1 is 0.540 bits per heavy atom. The predicted octanol–water partition coefficient (Wildman–Crippen LogP) is 8.03. The minimum Gasteiger partial charge on any atom is -0.469 e. The molecule has 0 aromatic heterocycles. The first-order chi connectivity index (χ1) is 46.4. The summed E-state index contributed by atoms with van der Waals surface area (Å²) in [6.45, 7) is 27.4. The van der Waals surface area contributed by atoms with Crippen LogP contribution in [0.2, 0.25) is 0 Å². The highest BCUT2D eigenvalue weighted by Crippen LogP contribution is 2.60. The highest BCUT2D eigenvalue weighted by molar-refractivity contribution is 5.90. The van der Waals surface area contributed by atoms with E-state index in [-0.39, 0.29) is 116 Å². The number of oxime groups is 1. The third-order valence-corrected chi connectivity index (χ3v) is 23.7. The van der Waals surface area contributed by atoms with Crippen molar-refractivity contribution in [3.8, 4) is 0 Å². The number of amides is 5. The summed E-state index contributed by atoms with van der Waals surface area (Å²) in [6, 6.07) is 1.40. The lowest BCUT2D eigenvalue weighted by atomic mass is 9.64. The van der Waals surface area contributed by atoms with Gasteiger partial charge in [0.1, 0.15) is 36.7 Å². The Morgan fingerprint density at radius 3 is 1.30 bits per heavy atom. The molecule has 0 radical (unpaired) electrons. The van der Waals surface area contributed by atoms with Crippen LogP contribution in [-0.4, -0.2) is 257 Å². The van der Waals surface area contributed by atoms with Gasteiger partial charge in [0.25, 0.3) is 0 Å². The second-order valence-corrected chi connectivity index (χ2v) is 31.2. The van der Waals surface area contributed by atoms with Gasteiger partial charge in [-0.1, -0.05) is 33.4 Å². The van der Waals surface area contributed by atoms with Crippen LogP contribution in [0.5, 0.6) is 0 Å².